The van der Waals surface area contributed by atoms with E-state index >= 15 is 0 Å². The largest absolute Gasteiger partial charge is 0.369 e. The number of halogens is 2. The van der Waals surface area contributed by atoms with Crippen molar-refractivity contribution in [1.29, 1.82) is 0 Å². The van der Waals surface area contributed by atoms with E-state index < -0.39 is 11.8 Å². The molecule has 156 valence electrons. The summed E-state index contributed by atoms with van der Waals surface area (Å²) in [6.07, 6.45) is 0.280. The molecule has 3 rings (SSSR count). The third-order valence-electron chi connectivity index (χ3n) is 4.90. The molecule has 0 unspecified atom stereocenters. The molecule has 0 fully saturated rings. The van der Waals surface area contributed by atoms with Crippen LogP contribution >= 0.6 is 0 Å². The highest BCUT2D eigenvalue weighted by molar-refractivity contribution is 5.96. The van der Waals surface area contributed by atoms with Crippen molar-refractivity contribution >= 4 is 11.8 Å². The number of aryl methyl sites for hydroxylation is 1. The van der Waals surface area contributed by atoms with Crippen molar-refractivity contribution in [2.24, 2.45) is 11.7 Å². The number of hydrogen-bond donors (Lipinski definition) is 2. The first-order chi connectivity index (χ1) is 14.3. The van der Waals surface area contributed by atoms with Gasteiger partial charge < -0.3 is 11.1 Å². The van der Waals surface area contributed by atoms with E-state index in [1.54, 1.807) is 42.8 Å². The van der Waals surface area contributed by atoms with Gasteiger partial charge >= 0.3 is 0 Å². The van der Waals surface area contributed by atoms with Gasteiger partial charge in [-0.1, -0.05) is 12.1 Å². The first kappa shape index (κ1) is 21.2. The summed E-state index contributed by atoms with van der Waals surface area (Å²) < 4.78 is 27.8. The number of nitrogens with two attached hydrogens (primary N) is 1. The van der Waals surface area contributed by atoms with Gasteiger partial charge in [0.05, 0.1) is 28.6 Å². The highest BCUT2D eigenvalue weighted by Gasteiger charge is 2.22. The monoisotopic (exact) mass is 412 g/mol. The maximum absolute atomic E-state index is 13.2. The van der Waals surface area contributed by atoms with Gasteiger partial charge in [0, 0.05) is 6.54 Å². The van der Waals surface area contributed by atoms with E-state index in [-0.39, 0.29) is 30.5 Å². The predicted octanol–water partition coefficient (Wildman–Crippen LogP) is 2.84. The van der Waals surface area contributed by atoms with Crippen molar-refractivity contribution in [3.05, 3.63) is 82.7 Å². The van der Waals surface area contributed by atoms with Gasteiger partial charge in [0.1, 0.15) is 11.6 Å². The zero-order valence-corrected chi connectivity index (χ0v) is 16.7. The number of carbonyl (C=O) groups is 2. The van der Waals surface area contributed by atoms with Gasteiger partial charge in [0.25, 0.3) is 5.91 Å². The molecule has 0 radical (unpaired) electrons. The van der Waals surface area contributed by atoms with Crippen molar-refractivity contribution in [1.82, 2.24) is 15.1 Å². The number of hydrogen-bond acceptors (Lipinski definition) is 3. The fourth-order valence-corrected chi connectivity index (χ4v) is 3.29. The zero-order chi connectivity index (χ0) is 21.8. The van der Waals surface area contributed by atoms with Crippen LogP contribution in [0.4, 0.5) is 8.78 Å². The Hall–Kier alpha value is -3.55. The molecule has 0 bridgehead atoms. The smallest absolute Gasteiger partial charge is 0.255 e. The average molecular weight is 412 g/mol. The molecule has 0 saturated carbocycles. The van der Waals surface area contributed by atoms with Crippen molar-refractivity contribution in [2.45, 2.75) is 20.3 Å². The minimum absolute atomic E-state index is 0.0339. The molecular formula is C22H22F2N4O2. The number of benzene rings is 2. The van der Waals surface area contributed by atoms with Crippen LogP contribution < -0.4 is 11.1 Å². The average Bonchev–Trinajstić information content (AvgIpc) is 3.01. The lowest BCUT2D eigenvalue weighted by Gasteiger charge is -2.15. The maximum Gasteiger partial charge on any atom is 0.255 e. The number of primary amides is 1. The van der Waals surface area contributed by atoms with Crippen LogP contribution in [0.25, 0.3) is 5.69 Å². The number of carbonyl (C=O) groups excluding carboxylic acids is 2. The number of amides is 2. The molecule has 30 heavy (non-hydrogen) atoms. The molecule has 0 aliphatic carbocycles. The summed E-state index contributed by atoms with van der Waals surface area (Å²) in [5, 5.41) is 7.12. The zero-order valence-electron chi connectivity index (χ0n) is 16.7. The van der Waals surface area contributed by atoms with Crippen molar-refractivity contribution in [2.75, 3.05) is 6.54 Å². The van der Waals surface area contributed by atoms with Crippen LogP contribution in [0.2, 0.25) is 0 Å². The number of nitrogens with zero attached hydrogens (tertiary/aromatic N) is 2. The number of aromatic nitrogens is 2. The minimum Gasteiger partial charge on any atom is -0.369 e. The molecule has 1 aromatic heterocycles. The first-order valence-corrected chi connectivity index (χ1v) is 9.40. The predicted molar refractivity (Wildman–Crippen MR) is 108 cm³/mol. The van der Waals surface area contributed by atoms with Crippen molar-refractivity contribution in [3.8, 4) is 5.69 Å². The van der Waals surface area contributed by atoms with Gasteiger partial charge in [-0.25, -0.2) is 13.5 Å². The van der Waals surface area contributed by atoms with E-state index in [4.69, 9.17) is 5.73 Å². The Morgan fingerprint density at radius 1 is 1.03 bits per heavy atom. The lowest BCUT2D eigenvalue weighted by atomic mass is 9.98. The van der Waals surface area contributed by atoms with Crippen LogP contribution in [-0.4, -0.2) is 28.1 Å². The van der Waals surface area contributed by atoms with Crippen LogP contribution in [0, 0.1) is 31.4 Å². The van der Waals surface area contributed by atoms with Gasteiger partial charge in [-0.2, -0.15) is 5.10 Å². The third kappa shape index (κ3) is 4.71. The summed E-state index contributed by atoms with van der Waals surface area (Å²) in [4.78, 5) is 24.6. The quantitative estimate of drug-likeness (QED) is 0.625. The molecule has 0 aliphatic heterocycles. The molecule has 0 spiro atoms. The van der Waals surface area contributed by atoms with Gasteiger partial charge in [0.2, 0.25) is 5.91 Å². The molecule has 0 aliphatic rings. The molecule has 1 atom stereocenters. The normalized spacial score (nSPS) is 11.9. The standard InChI is InChI=1S/C22H22F2N4O2/c1-13-20(14(2)28(27-13)19-9-7-18(24)8-10-19)22(30)26-12-16(21(25)29)11-15-3-5-17(23)6-4-15/h3-10,16H,11-12H2,1-2H3,(H2,25,29)(H,26,30)/t16-/m0/s1. The summed E-state index contributed by atoms with van der Waals surface area (Å²) in [5.41, 5.74) is 8.32. The second-order valence-corrected chi connectivity index (χ2v) is 7.07. The number of nitrogens with one attached hydrogen (secondary N) is 1. The first-order valence-electron chi connectivity index (χ1n) is 9.40. The summed E-state index contributed by atoms with van der Waals surface area (Å²) in [6, 6.07) is 11.6. The summed E-state index contributed by atoms with van der Waals surface area (Å²) in [7, 11) is 0. The van der Waals surface area contributed by atoms with E-state index in [2.05, 4.69) is 10.4 Å². The van der Waals surface area contributed by atoms with E-state index in [1.165, 1.54) is 24.3 Å². The molecule has 8 heteroatoms. The van der Waals surface area contributed by atoms with E-state index in [1.807, 2.05) is 0 Å². The Labute approximate surface area is 172 Å². The Morgan fingerprint density at radius 3 is 2.17 bits per heavy atom. The fourth-order valence-electron chi connectivity index (χ4n) is 3.29. The van der Waals surface area contributed by atoms with E-state index in [0.29, 0.717) is 22.6 Å². The molecular weight excluding hydrogens is 390 g/mol. The second-order valence-electron chi connectivity index (χ2n) is 7.07. The van der Waals surface area contributed by atoms with E-state index in [0.717, 1.165) is 5.56 Å². The summed E-state index contributed by atoms with van der Waals surface area (Å²) >= 11 is 0. The Kier molecular flexibility index (Phi) is 6.25. The summed E-state index contributed by atoms with van der Waals surface area (Å²) in [6.45, 7) is 3.47. The maximum atomic E-state index is 13.2. The van der Waals surface area contributed by atoms with Crippen LogP contribution in [-0.2, 0) is 11.2 Å². The van der Waals surface area contributed by atoms with Gasteiger partial charge in [-0.05, 0) is 62.2 Å². The molecule has 2 aromatic carbocycles. The van der Waals surface area contributed by atoms with Crippen LogP contribution in [0.3, 0.4) is 0 Å². The van der Waals surface area contributed by atoms with Gasteiger partial charge in [-0.3, -0.25) is 9.59 Å². The lowest BCUT2D eigenvalue weighted by Crippen LogP contribution is -2.37. The van der Waals surface area contributed by atoms with Gasteiger partial charge in [-0.15, -0.1) is 0 Å². The molecule has 2 amide bonds. The highest BCUT2D eigenvalue weighted by atomic mass is 19.1. The molecule has 0 saturated heterocycles. The number of rotatable bonds is 7. The highest BCUT2D eigenvalue weighted by Crippen LogP contribution is 2.18. The minimum atomic E-state index is -0.646. The molecule has 1 heterocycles. The lowest BCUT2D eigenvalue weighted by molar-refractivity contribution is -0.121. The molecule has 3 N–H and O–H groups in total. The molecule has 3 aromatic rings. The Bertz CT molecular complexity index is 1060. The third-order valence-corrected chi connectivity index (χ3v) is 4.90. The van der Waals surface area contributed by atoms with Crippen LogP contribution in [0.5, 0.6) is 0 Å². The van der Waals surface area contributed by atoms with Crippen molar-refractivity contribution < 1.29 is 18.4 Å². The SMILES string of the molecule is Cc1nn(-c2ccc(F)cc2)c(C)c1C(=O)NC[C@H](Cc1ccc(F)cc1)C(N)=O. The van der Waals surface area contributed by atoms with Gasteiger partial charge in [0.15, 0.2) is 0 Å². The van der Waals surface area contributed by atoms with E-state index in [9.17, 15) is 18.4 Å². The second kappa shape index (κ2) is 8.86. The topological polar surface area (TPSA) is 90.0 Å². The van der Waals surface area contributed by atoms with Crippen LogP contribution in [0.1, 0.15) is 27.3 Å². The summed E-state index contributed by atoms with van der Waals surface area (Å²) in [5.74, 6) is -2.32. The Morgan fingerprint density at radius 2 is 1.60 bits per heavy atom. The van der Waals surface area contributed by atoms with Crippen molar-refractivity contribution in [3.63, 3.8) is 0 Å². The molecule has 6 nitrogen and oxygen atoms in total. The fraction of sp³-hybridized carbons (Fsp3) is 0.227. The van der Waals surface area contributed by atoms with Crippen LogP contribution in [0.15, 0.2) is 48.5 Å². The Balaban J connectivity index is 1.74.